The molecule has 1 saturated carbocycles. The van der Waals surface area contributed by atoms with Crippen LogP contribution >= 0.6 is 0 Å². The highest BCUT2D eigenvalue weighted by Crippen LogP contribution is 2.45. The first-order chi connectivity index (χ1) is 3.69. The van der Waals surface area contributed by atoms with Crippen molar-refractivity contribution in [1.29, 1.82) is 0 Å². The molecule has 1 fully saturated rings. The van der Waals surface area contributed by atoms with Crippen molar-refractivity contribution in [3.05, 3.63) is 0 Å². The van der Waals surface area contributed by atoms with Crippen LogP contribution in [0.4, 0.5) is 0 Å². The van der Waals surface area contributed by atoms with Gasteiger partial charge in [0.25, 0.3) is 0 Å². The fraction of sp³-hybridized carbons (Fsp3) is 0.833. The van der Waals surface area contributed by atoms with Crippen molar-refractivity contribution in [2.45, 2.75) is 26.7 Å². The van der Waals surface area contributed by atoms with E-state index in [1.54, 1.807) is 0 Å². The summed E-state index contributed by atoms with van der Waals surface area (Å²) >= 11 is 0. The smallest absolute Gasteiger partial charge is 0.244 e. The lowest BCUT2D eigenvalue weighted by Gasteiger charge is -2.04. The van der Waals surface area contributed by atoms with E-state index in [4.69, 9.17) is 0 Å². The molecule has 0 N–H and O–H groups in total. The Hall–Kier alpha value is -0.265. The van der Waals surface area contributed by atoms with Gasteiger partial charge in [-0.15, -0.1) is 0 Å². The Balaban J connectivity index is 2.59. The van der Waals surface area contributed by atoms with Crippen LogP contribution in [-0.4, -0.2) is 13.7 Å². The highest BCUT2D eigenvalue weighted by molar-refractivity contribution is 6.13. The van der Waals surface area contributed by atoms with E-state index in [9.17, 15) is 0 Å². The molecule has 0 aliphatic heterocycles. The lowest BCUT2D eigenvalue weighted by Crippen LogP contribution is -2.06. The third kappa shape index (κ3) is 0.793. The minimum atomic E-state index is 0.509. The molecule has 0 atom stereocenters. The van der Waals surface area contributed by atoms with Crippen molar-refractivity contribution in [3.63, 3.8) is 0 Å². The van der Waals surface area contributed by atoms with Crippen LogP contribution in [0.1, 0.15) is 26.7 Å². The molecule has 44 valence electrons. The van der Waals surface area contributed by atoms with Crippen LogP contribution in [0.15, 0.2) is 4.90 Å². The van der Waals surface area contributed by atoms with Crippen molar-refractivity contribution in [2.24, 2.45) is 10.3 Å². The zero-order valence-electron chi connectivity index (χ0n) is 5.86. The van der Waals surface area contributed by atoms with Crippen LogP contribution in [0.3, 0.4) is 0 Å². The van der Waals surface area contributed by atoms with Gasteiger partial charge in [0.15, 0.2) is 0 Å². The maximum Gasteiger partial charge on any atom is 0.244 e. The SMILES string of the molecule is B/N=C(\C)C1(C)CC1. The van der Waals surface area contributed by atoms with Crippen LogP contribution in [0.25, 0.3) is 0 Å². The molecule has 0 radical (unpaired) electrons. The molecule has 0 bridgehead atoms. The number of hydrogen-bond acceptors (Lipinski definition) is 1. The minimum Gasteiger partial charge on any atom is -0.359 e. The first-order valence-corrected chi connectivity index (χ1v) is 3.13. The van der Waals surface area contributed by atoms with Gasteiger partial charge in [-0.1, -0.05) is 6.92 Å². The van der Waals surface area contributed by atoms with E-state index < -0.39 is 0 Å². The van der Waals surface area contributed by atoms with Gasteiger partial charge in [-0.25, -0.2) is 0 Å². The highest BCUT2D eigenvalue weighted by atomic mass is 14.7. The van der Waals surface area contributed by atoms with Crippen molar-refractivity contribution in [2.75, 3.05) is 0 Å². The Kier molecular flexibility index (Phi) is 1.18. The highest BCUT2D eigenvalue weighted by Gasteiger charge is 2.39. The summed E-state index contributed by atoms with van der Waals surface area (Å²) in [6.45, 7) is 4.39. The zero-order chi connectivity index (χ0) is 6.20. The Bertz CT molecular complexity index is 124. The Morgan fingerprint density at radius 1 is 1.62 bits per heavy atom. The summed E-state index contributed by atoms with van der Waals surface area (Å²) in [5.74, 6) is 0. The van der Waals surface area contributed by atoms with Crippen molar-refractivity contribution >= 4 is 13.7 Å². The van der Waals surface area contributed by atoms with Crippen LogP contribution in [-0.2, 0) is 0 Å². The van der Waals surface area contributed by atoms with Gasteiger partial charge < -0.3 is 4.90 Å². The van der Waals surface area contributed by atoms with Gasteiger partial charge in [0.1, 0.15) is 0 Å². The van der Waals surface area contributed by atoms with E-state index >= 15 is 0 Å². The third-order valence-electron chi connectivity index (χ3n) is 2.21. The molecular formula is C6H12BN. The van der Waals surface area contributed by atoms with E-state index in [1.807, 2.05) is 7.98 Å². The van der Waals surface area contributed by atoms with Crippen molar-refractivity contribution in [3.8, 4) is 0 Å². The Morgan fingerprint density at radius 3 is 2.25 bits per heavy atom. The summed E-state index contributed by atoms with van der Waals surface area (Å²) in [6.07, 6.45) is 2.69. The molecule has 0 unspecified atom stereocenters. The average Bonchev–Trinajstić information content (AvgIpc) is 2.47. The van der Waals surface area contributed by atoms with Gasteiger partial charge in [-0.3, -0.25) is 0 Å². The molecule has 0 spiro atoms. The molecule has 1 rings (SSSR count). The van der Waals surface area contributed by atoms with Crippen molar-refractivity contribution < 1.29 is 0 Å². The fourth-order valence-electron chi connectivity index (χ4n) is 0.819. The Labute approximate surface area is 51.6 Å². The minimum absolute atomic E-state index is 0.509. The van der Waals surface area contributed by atoms with Gasteiger partial charge >= 0.3 is 0 Å². The second-order valence-corrected chi connectivity index (χ2v) is 2.87. The van der Waals surface area contributed by atoms with Crippen LogP contribution in [0.2, 0.25) is 0 Å². The third-order valence-corrected chi connectivity index (χ3v) is 2.21. The quantitative estimate of drug-likeness (QED) is 0.348. The van der Waals surface area contributed by atoms with Crippen LogP contribution < -0.4 is 0 Å². The average molecular weight is 109 g/mol. The topological polar surface area (TPSA) is 12.4 Å². The monoisotopic (exact) mass is 109 g/mol. The van der Waals surface area contributed by atoms with E-state index in [2.05, 4.69) is 18.8 Å². The first-order valence-electron chi connectivity index (χ1n) is 3.13. The normalized spacial score (nSPS) is 25.5. The predicted molar refractivity (Wildman–Crippen MR) is 39.0 cm³/mol. The first kappa shape index (κ1) is 5.86. The van der Waals surface area contributed by atoms with E-state index in [-0.39, 0.29) is 0 Å². The predicted octanol–water partition coefficient (Wildman–Crippen LogP) is 0.795. The molecule has 0 aromatic rings. The summed E-state index contributed by atoms with van der Waals surface area (Å²) in [6, 6.07) is 0. The van der Waals surface area contributed by atoms with Crippen molar-refractivity contribution in [1.82, 2.24) is 0 Å². The maximum absolute atomic E-state index is 4.14. The van der Waals surface area contributed by atoms with E-state index in [0.717, 1.165) is 0 Å². The summed E-state index contributed by atoms with van der Waals surface area (Å²) in [5.41, 5.74) is 1.83. The molecule has 1 aliphatic rings. The molecular weight excluding hydrogens is 96.9 g/mol. The second kappa shape index (κ2) is 1.61. The lowest BCUT2D eigenvalue weighted by molar-refractivity contribution is 0.801. The summed E-state index contributed by atoms with van der Waals surface area (Å²) in [7, 11) is 1.87. The van der Waals surface area contributed by atoms with Gasteiger partial charge in [0.2, 0.25) is 7.98 Å². The zero-order valence-corrected chi connectivity index (χ0v) is 5.86. The summed E-state index contributed by atoms with van der Waals surface area (Å²) in [4.78, 5) is 4.14. The van der Waals surface area contributed by atoms with E-state index in [1.165, 1.54) is 18.6 Å². The molecule has 1 aliphatic carbocycles. The van der Waals surface area contributed by atoms with Crippen LogP contribution in [0, 0.1) is 5.41 Å². The number of rotatable bonds is 1. The van der Waals surface area contributed by atoms with Gasteiger partial charge in [-0.2, -0.15) is 0 Å². The molecule has 2 heteroatoms. The lowest BCUT2D eigenvalue weighted by atomic mass is 10.0. The van der Waals surface area contributed by atoms with Crippen LogP contribution in [0.5, 0.6) is 0 Å². The van der Waals surface area contributed by atoms with Gasteiger partial charge in [0.05, 0.1) is 0 Å². The number of nitrogens with zero attached hydrogens (tertiary/aromatic N) is 1. The number of hydrogen-bond donors (Lipinski definition) is 0. The largest absolute Gasteiger partial charge is 0.359 e. The molecule has 8 heavy (non-hydrogen) atoms. The van der Waals surface area contributed by atoms with Gasteiger partial charge in [0, 0.05) is 5.41 Å². The summed E-state index contributed by atoms with van der Waals surface area (Å²) in [5, 5.41) is 0. The Morgan fingerprint density at radius 2 is 2.12 bits per heavy atom. The molecule has 0 saturated heterocycles. The molecule has 0 aromatic heterocycles. The molecule has 1 nitrogen and oxygen atoms in total. The second-order valence-electron chi connectivity index (χ2n) is 2.87. The standard InChI is InChI=1S/C6H12BN/c1-5(8-7)6(2)3-4-6/h3-4,7H2,1-2H3/b8-5+. The van der Waals surface area contributed by atoms with E-state index in [0.29, 0.717) is 5.41 Å². The molecule has 0 aromatic carbocycles. The summed E-state index contributed by atoms with van der Waals surface area (Å²) < 4.78 is 0. The van der Waals surface area contributed by atoms with Gasteiger partial charge in [-0.05, 0) is 25.5 Å². The molecule has 0 amide bonds. The maximum atomic E-state index is 4.14. The molecule has 0 heterocycles. The fourth-order valence-corrected chi connectivity index (χ4v) is 0.819.